The van der Waals surface area contributed by atoms with Crippen molar-refractivity contribution in [3.63, 3.8) is 0 Å². The molecule has 0 nitrogen and oxygen atoms in total. The van der Waals surface area contributed by atoms with Crippen LogP contribution in [0.15, 0.2) is 22.9 Å². The lowest BCUT2D eigenvalue weighted by Crippen LogP contribution is -1.98. The maximum absolute atomic E-state index is 12.6. The minimum atomic E-state index is -0.0411. The van der Waals surface area contributed by atoms with Gasteiger partial charge in [-0.2, -0.15) is 0 Å². The van der Waals surface area contributed by atoms with E-state index in [2.05, 4.69) is 0 Å². The van der Waals surface area contributed by atoms with Gasteiger partial charge in [0, 0.05) is 0 Å². The lowest BCUT2D eigenvalue weighted by Gasteiger charge is -2.11. The number of allylic oxidation sites excluding steroid dienone is 4. The lowest BCUT2D eigenvalue weighted by atomic mass is 9.98. The Balaban J connectivity index is 2.24. The van der Waals surface area contributed by atoms with E-state index in [1.165, 1.54) is 17.1 Å². The molecule has 0 spiro atoms. The maximum atomic E-state index is 12.6. The van der Waals surface area contributed by atoms with Crippen molar-refractivity contribution in [1.82, 2.24) is 0 Å². The third kappa shape index (κ3) is 1.01. The first-order valence-corrected chi connectivity index (χ1v) is 4.55. The topological polar surface area (TPSA) is 0 Å². The zero-order valence-electron chi connectivity index (χ0n) is 5.64. The van der Waals surface area contributed by atoms with Crippen molar-refractivity contribution >= 4 is 11.8 Å². The highest BCUT2D eigenvalue weighted by Gasteiger charge is 2.23. The summed E-state index contributed by atoms with van der Waals surface area (Å²) >= 11 is 1.81. The summed E-state index contributed by atoms with van der Waals surface area (Å²) in [4.78, 5) is 1.26. The second kappa shape index (κ2) is 2.42. The van der Waals surface area contributed by atoms with Crippen molar-refractivity contribution in [1.29, 1.82) is 0 Å². The number of fused-ring (bicyclic) bond motifs is 1. The molecule has 1 saturated heterocycles. The molecule has 54 valence electrons. The molecule has 1 heterocycles. The molecule has 1 fully saturated rings. The predicted molar refractivity (Wildman–Crippen MR) is 42.5 cm³/mol. The number of hydrogen-bond acceptors (Lipinski definition) is 1. The van der Waals surface area contributed by atoms with Gasteiger partial charge < -0.3 is 0 Å². The minimum absolute atomic E-state index is 0.0411. The van der Waals surface area contributed by atoms with E-state index in [0.717, 1.165) is 6.42 Å². The second-order valence-electron chi connectivity index (χ2n) is 2.71. The largest absolute Gasteiger partial charge is 0.207 e. The molecule has 2 rings (SSSR count). The quantitative estimate of drug-likeness (QED) is 0.519. The van der Waals surface area contributed by atoms with Gasteiger partial charge in [0.15, 0.2) is 0 Å². The van der Waals surface area contributed by atoms with Crippen molar-refractivity contribution in [2.45, 2.75) is 12.8 Å². The second-order valence-corrected chi connectivity index (χ2v) is 3.87. The van der Waals surface area contributed by atoms with E-state index in [-0.39, 0.29) is 5.83 Å². The van der Waals surface area contributed by atoms with Gasteiger partial charge in [0.2, 0.25) is 0 Å². The van der Waals surface area contributed by atoms with E-state index in [0.29, 0.717) is 5.92 Å². The normalized spacial score (nSPS) is 31.1. The van der Waals surface area contributed by atoms with Gasteiger partial charge >= 0.3 is 0 Å². The fourth-order valence-electron chi connectivity index (χ4n) is 1.42. The molecule has 0 aromatic carbocycles. The Morgan fingerprint density at radius 2 is 2.50 bits per heavy atom. The Morgan fingerprint density at radius 1 is 1.60 bits per heavy atom. The Bertz CT molecular complexity index is 205. The highest BCUT2D eigenvalue weighted by molar-refractivity contribution is 8.03. The van der Waals surface area contributed by atoms with Gasteiger partial charge in [-0.25, -0.2) is 4.39 Å². The van der Waals surface area contributed by atoms with Gasteiger partial charge in [0.1, 0.15) is 5.83 Å². The molecule has 1 unspecified atom stereocenters. The van der Waals surface area contributed by atoms with Crippen LogP contribution in [0.2, 0.25) is 0 Å². The third-order valence-electron chi connectivity index (χ3n) is 2.01. The summed E-state index contributed by atoms with van der Waals surface area (Å²) < 4.78 is 12.6. The minimum Gasteiger partial charge on any atom is -0.207 e. The zero-order chi connectivity index (χ0) is 6.97. The highest BCUT2D eigenvalue weighted by Crippen LogP contribution is 2.41. The molecule has 1 aliphatic carbocycles. The summed E-state index contributed by atoms with van der Waals surface area (Å²) in [6, 6.07) is 0. The lowest BCUT2D eigenvalue weighted by molar-refractivity contribution is 0.594. The molecule has 10 heavy (non-hydrogen) atoms. The van der Waals surface area contributed by atoms with Crippen molar-refractivity contribution in [2.24, 2.45) is 5.92 Å². The molecule has 2 heteroatoms. The molecule has 0 N–H and O–H groups in total. The Morgan fingerprint density at radius 3 is 3.40 bits per heavy atom. The summed E-state index contributed by atoms with van der Waals surface area (Å²) in [7, 11) is 0. The predicted octanol–water partition coefficient (Wildman–Crippen LogP) is 2.88. The Hall–Kier alpha value is -0.240. The van der Waals surface area contributed by atoms with Gasteiger partial charge in [-0.15, -0.1) is 11.8 Å². The number of rotatable bonds is 0. The zero-order valence-corrected chi connectivity index (χ0v) is 6.46. The molecule has 0 aromatic rings. The standard InChI is InChI=1S/C8H9FS/c9-7-2-1-6-3-4-10-8(6)5-7/h2,5-6H,1,3-4H2. The van der Waals surface area contributed by atoms with Gasteiger partial charge in [-0.3, -0.25) is 0 Å². The van der Waals surface area contributed by atoms with Crippen molar-refractivity contribution < 1.29 is 4.39 Å². The van der Waals surface area contributed by atoms with Crippen LogP contribution in [0.1, 0.15) is 12.8 Å². The van der Waals surface area contributed by atoms with Crippen LogP contribution in [-0.2, 0) is 0 Å². The van der Waals surface area contributed by atoms with E-state index < -0.39 is 0 Å². The average Bonchev–Trinajstić information content (AvgIpc) is 2.33. The van der Waals surface area contributed by atoms with Crippen LogP contribution in [0.3, 0.4) is 0 Å². The maximum Gasteiger partial charge on any atom is 0.120 e. The monoisotopic (exact) mass is 156 g/mol. The first kappa shape index (κ1) is 6.47. The highest BCUT2D eigenvalue weighted by atomic mass is 32.2. The molecule has 2 aliphatic rings. The first-order chi connectivity index (χ1) is 4.86. The third-order valence-corrected chi connectivity index (χ3v) is 3.24. The summed E-state index contributed by atoms with van der Waals surface area (Å²) in [5.74, 6) is 1.79. The Kier molecular flexibility index (Phi) is 1.57. The van der Waals surface area contributed by atoms with Crippen molar-refractivity contribution in [2.75, 3.05) is 5.75 Å². The van der Waals surface area contributed by atoms with Crippen LogP contribution < -0.4 is 0 Å². The van der Waals surface area contributed by atoms with Crippen molar-refractivity contribution in [3.8, 4) is 0 Å². The molecule has 1 atom stereocenters. The molecular weight excluding hydrogens is 147 g/mol. The van der Waals surface area contributed by atoms with Crippen molar-refractivity contribution in [3.05, 3.63) is 22.9 Å². The molecular formula is C8H9FS. The van der Waals surface area contributed by atoms with Gasteiger partial charge in [-0.1, -0.05) is 0 Å². The molecule has 0 aromatic heterocycles. The smallest absolute Gasteiger partial charge is 0.120 e. The molecule has 0 saturated carbocycles. The summed E-state index contributed by atoms with van der Waals surface area (Å²) in [5.41, 5.74) is 0. The van der Waals surface area contributed by atoms with E-state index in [4.69, 9.17) is 0 Å². The van der Waals surface area contributed by atoms with Gasteiger partial charge in [0.25, 0.3) is 0 Å². The van der Waals surface area contributed by atoms with E-state index >= 15 is 0 Å². The average molecular weight is 156 g/mol. The molecule has 0 amide bonds. The SMILES string of the molecule is FC1=CCC2CCSC2=C1. The fourth-order valence-corrected chi connectivity index (χ4v) is 2.71. The summed E-state index contributed by atoms with van der Waals surface area (Å²) in [6.07, 6.45) is 5.54. The number of thioether (sulfide) groups is 1. The number of halogens is 1. The fraction of sp³-hybridized carbons (Fsp3) is 0.500. The van der Waals surface area contributed by atoms with Crippen LogP contribution in [0, 0.1) is 5.92 Å². The van der Waals surface area contributed by atoms with Crippen LogP contribution in [0.5, 0.6) is 0 Å². The van der Waals surface area contributed by atoms with Crippen LogP contribution in [0.4, 0.5) is 4.39 Å². The number of hydrogen-bond donors (Lipinski definition) is 0. The summed E-state index contributed by atoms with van der Waals surface area (Å²) in [5, 5.41) is 0. The van der Waals surface area contributed by atoms with Gasteiger partial charge in [0.05, 0.1) is 0 Å². The Labute approximate surface area is 64.2 Å². The van der Waals surface area contributed by atoms with E-state index in [1.54, 1.807) is 12.2 Å². The van der Waals surface area contributed by atoms with Gasteiger partial charge in [-0.05, 0) is 41.6 Å². The van der Waals surface area contributed by atoms with E-state index in [1.807, 2.05) is 11.8 Å². The molecule has 0 radical (unpaired) electrons. The van der Waals surface area contributed by atoms with Crippen LogP contribution in [0.25, 0.3) is 0 Å². The van der Waals surface area contributed by atoms with Crippen LogP contribution in [-0.4, -0.2) is 5.75 Å². The summed E-state index contributed by atoms with van der Waals surface area (Å²) in [6.45, 7) is 0. The molecule has 1 aliphatic heterocycles. The molecule has 0 bridgehead atoms. The first-order valence-electron chi connectivity index (χ1n) is 3.56. The van der Waals surface area contributed by atoms with Crippen LogP contribution >= 0.6 is 11.8 Å². The van der Waals surface area contributed by atoms with E-state index in [9.17, 15) is 4.39 Å².